The Morgan fingerprint density at radius 2 is 1.83 bits per heavy atom. The molecule has 0 fully saturated rings. The van der Waals surface area contributed by atoms with Crippen LogP contribution in [0.3, 0.4) is 0 Å². The third kappa shape index (κ3) is 4.25. The molecule has 0 radical (unpaired) electrons. The van der Waals surface area contributed by atoms with Gasteiger partial charge in [0.25, 0.3) is 0 Å². The molecule has 12 heavy (non-hydrogen) atoms. The highest BCUT2D eigenvalue weighted by molar-refractivity contribution is 7.98. The van der Waals surface area contributed by atoms with Crippen LogP contribution in [0.15, 0.2) is 0 Å². The Bertz CT molecular complexity index is 94.4. The summed E-state index contributed by atoms with van der Waals surface area (Å²) in [5.41, 5.74) is 0.193. The predicted molar refractivity (Wildman–Crippen MR) is 61.8 cm³/mol. The van der Waals surface area contributed by atoms with Gasteiger partial charge in [0.05, 0.1) is 0 Å². The lowest BCUT2D eigenvalue weighted by atomic mass is 9.85. The molecule has 74 valence electrons. The van der Waals surface area contributed by atoms with Crippen molar-refractivity contribution in [3.8, 4) is 0 Å². The van der Waals surface area contributed by atoms with Crippen LogP contribution in [0.4, 0.5) is 0 Å². The minimum atomic E-state index is 0.193. The van der Waals surface area contributed by atoms with Crippen molar-refractivity contribution in [2.45, 2.75) is 26.2 Å². The zero-order valence-corrected chi connectivity index (χ0v) is 10.2. The summed E-state index contributed by atoms with van der Waals surface area (Å²) in [6.45, 7) is 2.17. The maximum absolute atomic E-state index is 5.91. The van der Waals surface area contributed by atoms with E-state index in [1.165, 1.54) is 12.2 Å². The summed E-state index contributed by atoms with van der Waals surface area (Å²) in [6.07, 6.45) is 5.62. The molecule has 0 atom stereocenters. The quantitative estimate of drug-likeness (QED) is 0.469. The molecule has 0 unspecified atom stereocenters. The van der Waals surface area contributed by atoms with E-state index < -0.39 is 0 Å². The van der Waals surface area contributed by atoms with Crippen molar-refractivity contribution >= 4 is 35.0 Å². The summed E-state index contributed by atoms with van der Waals surface area (Å²) in [7, 11) is 0. The molecule has 0 aliphatic heterocycles. The lowest BCUT2D eigenvalue weighted by molar-refractivity contribution is 0.332. The van der Waals surface area contributed by atoms with E-state index in [9.17, 15) is 0 Å². The van der Waals surface area contributed by atoms with Gasteiger partial charge in [-0.3, -0.25) is 0 Å². The number of rotatable bonds is 7. The van der Waals surface area contributed by atoms with Crippen LogP contribution in [0.1, 0.15) is 26.2 Å². The Hall–Kier alpha value is 0.930. The van der Waals surface area contributed by atoms with Crippen LogP contribution in [-0.4, -0.2) is 23.8 Å². The second kappa shape index (κ2) is 7.34. The first-order valence-corrected chi connectivity index (χ1v) is 6.82. The Morgan fingerprint density at radius 1 is 1.25 bits per heavy atom. The van der Waals surface area contributed by atoms with Gasteiger partial charge in [-0.05, 0) is 36.7 Å². The van der Waals surface area contributed by atoms with Crippen molar-refractivity contribution in [3.05, 3.63) is 0 Å². The van der Waals surface area contributed by atoms with E-state index >= 15 is 0 Å². The lowest BCUT2D eigenvalue weighted by Gasteiger charge is -2.27. The molecule has 0 spiro atoms. The second-order valence-corrected chi connectivity index (χ2v) is 4.74. The zero-order chi connectivity index (χ0) is 9.45. The molecular formula is C9H18Cl2S. The SMILES string of the molecule is CCC(CCl)(CCl)CCCSC. The van der Waals surface area contributed by atoms with Crippen LogP contribution >= 0.6 is 35.0 Å². The maximum atomic E-state index is 5.91. The van der Waals surface area contributed by atoms with E-state index in [4.69, 9.17) is 23.2 Å². The van der Waals surface area contributed by atoms with Crippen LogP contribution < -0.4 is 0 Å². The Morgan fingerprint density at radius 3 is 2.17 bits per heavy atom. The molecule has 0 rings (SSSR count). The van der Waals surface area contributed by atoms with E-state index in [1.54, 1.807) is 0 Å². The van der Waals surface area contributed by atoms with E-state index in [-0.39, 0.29) is 5.41 Å². The van der Waals surface area contributed by atoms with Gasteiger partial charge in [-0.1, -0.05) is 6.92 Å². The summed E-state index contributed by atoms with van der Waals surface area (Å²) in [5, 5.41) is 0. The summed E-state index contributed by atoms with van der Waals surface area (Å²) in [4.78, 5) is 0. The van der Waals surface area contributed by atoms with Gasteiger partial charge in [0.2, 0.25) is 0 Å². The second-order valence-electron chi connectivity index (χ2n) is 3.22. The molecule has 0 heterocycles. The van der Waals surface area contributed by atoms with Crippen molar-refractivity contribution < 1.29 is 0 Å². The highest BCUT2D eigenvalue weighted by Gasteiger charge is 2.25. The van der Waals surface area contributed by atoms with Gasteiger partial charge in [0, 0.05) is 11.8 Å². The summed E-state index contributed by atoms with van der Waals surface area (Å²) in [5.74, 6) is 2.61. The van der Waals surface area contributed by atoms with Gasteiger partial charge in [-0.2, -0.15) is 11.8 Å². The third-order valence-electron chi connectivity index (χ3n) is 2.37. The zero-order valence-electron chi connectivity index (χ0n) is 7.91. The molecule has 0 amide bonds. The van der Waals surface area contributed by atoms with Crippen molar-refractivity contribution in [2.75, 3.05) is 23.8 Å². The van der Waals surface area contributed by atoms with Gasteiger partial charge >= 0.3 is 0 Å². The van der Waals surface area contributed by atoms with Gasteiger partial charge < -0.3 is 0 Å². The largest absolute Gasteiger partial charge is 0.165 e. The number of thioether (sulfide) groups is 1. The molecule has 0 aromatic heterocycles. The Labute approximate surface area is 90.4 Å². The van der Waals surface area contributed by atoms with Crippen LogP contribution in [0.5, 0.6) is 0 Å². The standard InChI is InChI=1S/C9H18Cl2S/c1-3-9(7-10,8-11)5-4-6-12-2/h3-8H2,1-2H3. The minimum Gasteiger partial charge on any atom is -0.165 e. The third-order valence-corrected chi connectivity index (χ3v) is 4.20. The summed E-state index contributed by atoms with van der Waals surface area (Å²) in [6, 6.07) is 0. The highest BCUT2D eigenvalue weighted by atomic mass is 35.5. The molecule has 0 aromatic carbocycles. The van der Waals surface area contributed by atoms with Crippen LogP contribution in [-0.2, 0) is 0 Å². The van der Waals surface area contributed by atoms with Crippen LogP contribution in [0.25, 0.3) is 0 Å². The fourth-order valence-corrected chi connectivity index (χ4v) is 2.49. The molecule has 0 aliphatic carbocycles. The van der Waals surface area contributed by atoms with E-state index in [0.717, 1.165) is 12.8 Å². The molecule has 0 nitrogen and oxygen atoms in total. The number of alkyl halides is 2. The monoisotopic (exact) mass is 228 g/mol. The van der Waals surface area contributed by atoms with Crippen molar-refractivity contribution in [1.82, 2.24) is 0 Å². The Kier molecular flexibility index (Phi) is 7.91. The fraction of sp³-hybridized carbons (Fsp3) is 1.00. The average molecular weight is 229 g/mol. The van der Waals surface area contributed by atoms with Crippen molar-refractivity contribution in [1.29, 1.82) is 0 Å². The van der Waals surface area contributed by atoms with Crippen molar-refractivity contribution in [3.63, 3.8) is 0 Å². The topological polar surface area (TPSA) is 0 Å². The first kappa shape index (κ1) is 12.9. The van der Waals surface area contributed by atoms with Crippen LogP contribution in [0.2, 0.25) is 0 Å². The lowest BCUT2D eigenvalue weighted by Crippen LogP contribution is -2.24. The average Bonchev–Trinajstić information content (AvgIpc) is 2.14. The number of hydrogen-bond donors (Lipinski definition) is 0. The molecule has 0 aliphatic rings. The van der Waals surface area contributed by atoms with Gasteiger partial charge in [-0.15, -0.1) is 23.2 Å². The molecule has 0 bridgehead atoms. The molecule has 0 saturated carbocycles. The maximum Gasteiger partial charge on any atom is 0.0291 e. The molecule has 0 saturated heterocycles. The minimum absolute atomic E-state index is 0.193. The van der Waals surface area contributed by atoms with Crippen molar-refractivity contribution in [2.24, 2.45) is 5.41 Å². The predicted octanol–water partition coefficient (Wildman–Crippen LogP) is 4.00. The molecule has 3 heteroatoms. The smallest absolute Gasteiger partial charge is 0.0291 e. The molecule has 0 aromatic rings. The first-order valence-electron chi connectivity index (χ1n) is 4.35. The summed E-state index contributed by atoms with van der Waals surface area (Å²) < 4.78 is 0. The highest BCUT2D eigenvalue weighted by Crippen LogP contribution is 2.31. The summed E-state index contributed by atoms with van der Waals surface area (Å²) >= 11 is 13.7. The van der Waals surface area contributed by atoms with Gasteiger partial charge in [0.15, 0.2) is 0 Å². The fourth-order valence-electron chi connectivity index (χ4n) is 1.13. The van der Waals surface area contributed by atoms with Gasteiger partial charge in [0.1, 0.15) is 0 Å². The van der Waals surface area contributed by atoms with Gasteiger partial charge in [-0.25, -0.2) is 0 Å². The van der Waals surface area contributed by atoms with E-state index in [0.29, 0.717) is 11.8 Å². The van der Waals surface area contributed by atoms with Crippen LogP contribution in [0, 0.1) is 5.41 Å². The first-order chi connectivity index (χ1) is 5.74. The normalized spacial score (nSPS) is 12.0. The number of hydrogen-bond acceptors (Lipinski definition) is 1. The molecule has 0 N–H and O–H groups in total. The number of halogens is 2. The van der Waals surface area contributed by atoms with E-state index in [2.05, 4.69) is 13.2 Å². The Balaban J connectivity index is 3.76. The molecular weight excluding hydrogens is 211 g/mol. The van der Waals surface area contributed by atoms with E-state index in [1.807, 2.05) is 11.8 Å².